The second-order valence-electron chi connectivity index (χ2n) is 5.08. The Morgan fingerprint density at radius 2 is 2.16 bits per heavy atom. The maximum atomic E-state index is 11.6. The fourth-order valence-electron chi connectivity index (χ4n) is 2.66. The van der Waals surface area contributed by atoms with E-state index in [-0.39, 0.29) is 12.2 Å². The summed E-state index contributed by atoms with van der Waals surface area (Å²) >= 11 is 0. The zero-order valence-corrected chi connectivity index (χ0v) is 11.9. The Labute approximate surface area is 115 Å². The summed E-state index contributed by atoms with van der Waals surface area (Å²) in [6, 6.07) is 0.386. The average molecular weight is 271 g/mol. The largest absolute Gasteiger partial charge is 0.450 e. The van der Waals surface area contributed by atoms with Crippen LogP contribution in [0.15, 0.2) is 0 Å². The molecule has 2 unspecified atom stereocenters. The average Bonchev–Trinajstić information content (AvgIpc) is 2.48. The Morgan fingerprint density at radius 3 is 2.74 bits per heavy atom. The number of hydrogen-bond acceptors (Lipinski definition) is 5. The van der Waals surface area contributed by atoms with Crippen molar-refractivity contribution < 1.29 is 14.3 Å². The highest BCUT2D eigenvalue weighted by Gasteiger charge is 2.30. The lowest BCUT2D eigenvalue weighted by Gasteiger charge is -2.41. The Hall–Kier alpha value is -0.850. The van der Waals surface area contributed by atoms with E-state index in [9.17, 15) is 4.79 Å². The van der Waals surface area contributed by atoms with Gasteiger partial charge >= 0.3 is 6.09 Å². The molecule has 2 aliphatic rings. The first-order valence-corrected chi connectivity index (χ1v) is 7.20. The number of rotatable bonds is 3. The van der Waals surface area contributed by atoms with Gasteiger partial charge < -0.3 is 19.7 Å². The molecule has 2 aliphatic heterocycles. The van der Waals surface area contributed by atoms with Crippen LogP contribution in [0.1, 0.15) is 13.8 Å². The monoisotopic (exact) mass is 271 g/mol. The summed E-state index contributed by atoms with van der Waals surface area (Å²) < 4.78 is 10.8. The molecule has 0 spiro atoms. The number of carbonyl (C=O) groups excluding carboxylic acids is 1. The molecule has 19 heavy (non-hydrogen) atoms. The van der Waals surface area contributed by atoms with Crippen LogP contribution in [0.25, 0.3) is 0 Å². The van der Waals surface area contributed by atoms with E-state index in [0.29, 0.717) is 12.6 Å². The number of morpholine rings is 1. The molecule has 2 fully saturated rings. The van der Waals surface area contributed by atoms with Crippen molar-refractivity contribution in [2.75, 3.05) is 52.5 Å². The van der Waals surface area contributed by atoms with Crippen molar-refractivity contribution in [1.29, 1.82) is 0 Å². The lowest BCUT2D eigenvalue weighted by atomic mass is 10.1. The van der Waals surface area contributed by atoms with Crippen molar-refractivity contribution in [3.63, 3.8) is 0 Å². The summed E-state index contributed by atoms with van der Waals surface area (Å²) in [5.74, 6) is 0. The molecule has 0 aromatic rings. The summed E-state index contributed by atoms with van der Waals surface area (Å²) in [7, 11) is 0. The Balaban J connectivity index is 1.77. The van der Waals surface area contributed by atoms with E-state index in [1.807, 2.05) is 6.92 Å². The minimum atomic E-state index is -0.189. The zero-order valence-electron chi connectivity index (χ0n) is 11.9. The van der Waals surface area contributed by atoms with Gasteiger partial charge in [-0.2, -0.15) is 0 Å². The Morgan fingerprint density at radius 1 is 1.42 bits per heavy atom. The van der Waals surface area contributed by atoms with Crippen molar-refractivity contribution in [2.24, 2.45) is 0 Å². The van der Waals surface area contributed by atoms with E-state index in [4.69, 9.17) is 9.47 Å². The van der Waals surface area contributed by atoms with E-state index in [0.717, 1.165) is 45.9 Å². The predicted octanol–water partition coefficient (Wildman–Crippen LogP) is 0.137. The van der Waals surface area contributed by atoms with Crippen molar-refractivity contribution in [3.8, 4) is 0 Å². The first-order valence-electron chi connectivity index (χ1n) is 7.20. The second kappa shape index (κ2) is 7.07. The van der Waals surface area contributed by atoms with E-state index < -0.39 is 0 Å². The van der Waals surface area contributed by atoms with Crippen LogP contribution in [0, 0.1) is 0 Å². The maximum absolute atomic E-state index is 11.6. The highest BCUT2D eigenvalue weighted by atomic mass is 16.6. The van der Waals surface area contributed by atoms with Crippen molar-refractivity contribution in [1.82, 2.24) is 15.1 Å². The molecule has 0 aliphatic carbocycles. The van der Waals surface area contributed by atoms with Crippen molar-refractivity contribution in [2.45, 2.75) is 26.0 Å². The second-order valence-corrected chi connectivity index (χ2v) is 5.08. The van der Waals surface area contributed by atoms with Gasteiger partial charge in [0.25, 0.3) is 0 Å². The molecule has 2 saturated heterocycles. The third-order valence-electron chi connectivity index (χ3n) is 3.91. The molecule has 0 bridgehead atoms. The number of amides is 1. The van der Waals surface area contributed by atoms with Crippen LogP contribution in [-0.4, -0.2) is 80.5 Å². The molecule has 2 heterocycles. The quantitative estimate of drug-likeness (QED) is 0.791. The van der Waals surface area contributed by atoms with Gasteiger partial charge in [-0.1, -0.05) is 0 Å². The Kier molecular flexibility index (Phi) is 5.42. The zero-order chi connectivity index (χ0) is 13.7. The van der Waals surface area contributed by atoms with Crippen LogP contribution < -0.4 is 5.32 Å². The van der Waals surface area contributed by atoms with Crippen LogP contribution in [0.3, 0.4) is 0 Å². The maximum Gasteiger partial charge on any atom is 0.409 e. The molecule has 0 aromatic carbocycles. The van der Waals surface area contributed by atoms with Gasteiger partial charge in [-0.3, -0.25) is 4.90 Å². The fourth-order valence-corrected chi connectivity index (χ4v) is 2.66. The SMILES string of the molecule is CCOC(=O)N1CCN(C(C)C2CNCCO2)CC1. The fraction of sp³-hybridized carbons (Fsp3) is 0.923. The third-order valence-corrected chi connectivity index (χ3v) is 3.91. The first kappa shape index (κ1) is 14.6. The normalized spacial score (nSPS) is 27.1. The molecule has 6 nitrogen and oxygen atoms in total. The molecule has 1 N–H and O–H groups in total. The van der Waals surface area contributed by atoms with Crippen LogP contribution in [0.5, 0.6) is 0 Å². The van der Waals surface area contributed by atoms with E-state index in [1.165, 1.54) is 0 Å². The summed E-state index contributed by atoms with van der Waals surface area (Å²) in [4.78, 5) is 15.8. The van der Waals surface area contributed by atoms with Gasteiger partial charge in [-0.15, -0.1) is 0 Å². The number of carbonyl (C=O) groups is 1. The molecule has 0 aromatic heterocycles. The highest BCUT2D eigenvalue weighted by molar-refractivity contribution is 5.67. The highest BCUT2D eigenvalue weighted by Crippen LogP contribution is 2.13. The van der Waals surface area contributed by atoms with E-state index in [1.54, 1.807) is 4.90 Å². The van der Waals surface area contributed by atoms with Crippen LogP contribution >= 0.6 is 0 Å². The molecule has 0 radical (unpaired) electrons. The molecular weight excluding hydrogens is 246 g/mol. The van der Waals surface area contributed by atoms with Gasteiger partial charge in [-0.25, -0.2) is 4.79 Å². The third kappa shape index (κ3) is 3.81. The molecule has 1 amide bonds. The van der Waals surface area contributed by atoms with Crippen molar-refractivity contribution in [3.05, 3.63) is 0 Å². The molecule has 2 atom stereocenters. The molecular formula is C13H25N3O3. The summed E-state index contributed by atoms with van der Waals surface area (Å²) in [6.07, 6.45) is 0.0632. The number of piperazine rings is 1. The van der Waals surface area contributed by atoms with E-state index >= 15 is 0 Å². The molecule has 2 rings (SSSR count). The smallest absolute Gasteiger partial charge is 0.409 e. The van der Waals surface area contributed by atoms with Gasteiger partial charge in [0.2, 0.25) is 0 Å². The standard InChI is InChI=1S/C13H25N3O3/c1-3-18-13(17)16-7-5-15(6-8-16)11(2)12-10-14-4-9-19-12/h11-12,14H,3-10H2,1-2H3. The molecule has 110 valence electrons. The van der Waals surface area contributed by atoms with Crippen molar-refractivity contribution >= 4 is 6.09 Å². The van der Waals surface area contributed by atoms with E-state index in [2.05, 4.69) is 17.1 Å². The number of hydrogen-bond donors (Lipinski definition) is 1. The number of ether oxygens (including phenoxy) is 2. The lowest BCUT2D eigenvalue weighted by Crippen LogP contribution is -2.57. The Bertz CT molecular complexity index is 287. The molecule has 0 saturated carbocycles. The van der Waals surface area contributed by atoms with Gasteiger partial charge in [0.05, 0.1) is 19.3 Å². The minimum Gasteiger partial charge on any atom is -0.450 e. The first-order chi connectivity index (χ1) is 9.22. The van der Waals surface area contributed by atoms with Gasteiger partial charge in [-0.05, 0) is 13.8 Å². The minimum absolute atomic E-state index is 0.189. The van der Waals surface area contributed by atoms with Crippen LogP contribution in [-0.2, 0) is 9.47 Å². The number of nitrogens with one attached hydrogen (secondary N) is 1. The summed E-state index contributed by atoms with van der Waals surface area (Å²) in [5.41, 5.74) is 0. The number of nitrogens with zero attached hydrogens (tertiary/aromatic N) is 2. The summed E-state index contributed by atoms with van der Waals surface area (Å²) in [5, 5.41) is 3.36. The molecule has 6 heteroatoms. The lowest BCUT2D eigenvalue weighted by molar-refractivity contribution is -0.0362. The van der Waals surface area contributed by atoms with Crippen LogP contribution in [0.4, 0.5) is 4.79 Å². The van der Waals surface area contributed by atoms with Gasteiger partial charge in [0.1, 0.15) is 0 Å². The van der Waals surface area contributed by atoms with Gasteiger partial charge in [0.15, 0.2) is 0 Å². The summed E-state index contributed by atoms with van der Waals surface area (Å²) in [6.45, 7) is 10.4. The van der Waals surface area contributed by atoms with Crippen LogP contribution in [0.2, 0.25) is 0 Å². The topological polar surface area (TPSA) is 54.0 Å². The van der Waals surface area contributed by atoms with Gasteiger partial charge in [0, 0.05) is 45.3 Å². The predicted molar refractivity (Wildman–Crippen MR) is 72.2 cm³/mol.